The summed E-state index contributed by atoms with van der Waals surface area (Å²) in [6.45, 7) is 13.4. The van der Waals surface area contributed by atoms with Gasteiger partial charge in [0.2, 0.25) is 0 Å². The Morgan fingerprint density at radius 1 is 1.19 bits per heavy atom. The van der Waals surface area contributed by atoms with Crippen LogP contribution in [0.25, 0.3) is 0 Å². The van der Waals surface area contributed by atoms with E-state index in [2.05, 4.69) is 32.6 Å². The maximum absolute atomic E-state index is 10.3. The summed E-state index contributed by atoms with van der Waals surface area (Å²) in [5, 5.41) is 30.6. The van der Waals surface area contributed by atoms with Crippen molar-refractivity contribution in [1.82, 2.24) is 0 Å². The first kappa shape index (κ1) is 24.2. The van der Waals surface area contributed by atoms with Crippen molar-refractivity contribution in [3.8, 4) is 0 Å². The molecule has 4 nitrogen and oxygen atoms in total. The first-order chi connectivity index (χ1) is 14.9. The van der Waals surface area contributed by atoms with Crippen molar-refractivity contribution in [2.75, 3.05) is 6.61 Å². The largest absolute Gasteiger partial charge is 0.393 e. The highest BCUT2D eigenvalue weighted by Crippen LogP contribution is 2.62. The Morgan fingerprint density at radius 3 is 2.66 bits per heavy atom. The van der Waals surface area contributed by atoms with Crippen LogP contribution in [-0.4, -0.2) is 45.3 Å². The van der Waals surface area contributed by atoms with Gasteiger partial charge in [-0.1, -0.05) is 31.2 Å². The molecule has 1 aliphatic heterocycles. The maximum Gasteiger partial charge on any atom is 0.0811 e. The van der Waals surface area contributed by atoms with Gasteiger partial charge in [-0.05, 0) is 106 Å². The third-order valence-electron chi connectivity index (χ3n) is 9.10. The molecule has 0 spiro atoms. The third kappa shape index (κ3) is 4.66. The Labute approximate surface area is 194 Å². The van der Waals surface area contributed by atoms with Gasteiger partial charge in [0, 0.05) is 6.42 Å². The molecule has 3 saturated carbocycles. The summed E-state index contributed by atoms with van der Waals surface area (Å²) in [6, 6.07) is 0. The van der Waals surface area contributed by atoms with E-state index < -0.39 is 17.8 Å². The molecule has 3 N–H and O–H groups in total. The topological polar surface area (TPSA) is 69.9 Å². The van der Waals surface area contributed by atoms with E-state index in [1.54, 1.807) is 0 Å². The van der Waals surface area contributed by atoms with Gasteiger partial charge in [0.05, 0.1) is 30.0 Å². The zero-order chi connectivity index (χ0) is 23.3. The van der Waals surface area contributed by atoms with Crippen molar-refractivity contribution in [3.05, 3.63) is 35.5 Å². The van der Waals surface area contributed by atoms with Gasteiger partial charge in [-0.2, -0.15) is 0 Å². The highest BCUT2D eigenvalue weighted by atomic mass is 16.5. The van der Waals surface area contributed by atoms with Crippen LogP contribution in [0, 0.1) is 23.2 Å². The summed E-state index contributed by atoms with van der Waals surface area (Å²) in [5.41, 5.74) is 2.77. The number of aliphatic hydroxyl groups excluding tert-OH is 2. The predicted octanol–water partition coefficient (Wildman–Crippen LogP) is 5.08. The van der Waals surface area contributed by atoms with E-state index in [1.165, 1.54) is 31.3 Å². The molecular formula is C28H44O4. The molecule has 3 aliphatic carbocycles. The molecule has 7 atom stereocenters. The molecule has 180 valence electrons. The highest BCUT2D eigenvalue weighted by molar-refractivity contribution is 5.38. The van der Waals surface area contributed by atoms with Gasteiger partial charge in [0.15, 0.2) is 0 Å². The van der Waals surface area contributed by atoms with Crippen LogP contribution in [0.1, 0.15) is 85.5 Å². The molecule has 4 fully saturated rings. The van der Waals surface area contributed by atoms with E-state index in [0.717, 1.165) is 37.0 Å². The first-order valence-corrected chi connectivity index (χ1v) is 12.7. The van der Waals surface area contributed by atoms with Crippen LogP contribution in [0.4, 0.5) is 0 Å². The Hall–Kier alpha value is -0.940. The Bertz CT molecular complexity index is 790. The lowest BCUT2D eigenvalue weighted by Crippen LogP contribution is -2.45. The summed E-state index contributed by atoms with van der Waals surface area (Å²) in [6.07, 6.45) is 12.1. The fourth-order valence-electron chi connectivity index (χ4n) is 7.79. The summed E-state index contributed by atoms with van der Waals surface area (Å²) < 4.78 is 6.52. The normalized spacial score (nSPS) is 45.6. The molecule has 0 radical (unpaired) electrons. The third-order valence-corrected chi connectivity index (χ3v) is 9.10. The molecule has 0 unspecified atom stereocenters. The SMILES string of the molecule is C=C1/C(=C\C=C2/CCC[C@@]3(C)[C@H]2CC[C@@H]3[C@]2(C)C[C@H](CC(C)(C)O)CO2)C[C@@H](O)C[C@@H]1O. The van der Waals surface area contributed by atoms with E-state index in [-0.39, 0.29) is 11.0 Å². The lowest BCUT2D eigenvalue weighted by molar-refractivity contribution is -0.0753. The van der Waals surface area contributed by atoms with Gasteiger partial charge < -0.3 is 20.1 Å². The summed E-state index contributed by atoms with van der Waals surface area (Å²) in [4.78, 5) is 0. The molecule has 1 saturated heterocycles. The van der Waals surface area contributed by atoms with E-state index in [0.29, 0.717) is 30.6 Å². The number of hydrogen-bond acceptors (Lipinski definition) is 4. The van der Waals surface area contributed by atoms with E-state index in [9.17, 15) is 15.3 Å². The van der Waals surface area contributed by atoms with Crippen molar-refractivity contribution in [2.45, 2.75) is 109 Å². The van der Waals surface area contributed by atoms with Crippen LogP contribution >= 0.6 is 0 Å². The van der Waals surface area contributed by atoms with Gasteiger partial charge in [-0.3, -0.25) is 0 Å². The molecule has 32 heavy (non-hydrogen) atoms. The predicted molar refractivity (Wildman–Crippen MR) is 128 cm³/mol. The molecule has 1 heterocycles. The first-order valence-electron chi connectivity index (χ1n) is 12.7. The standard InChI is InChI=1S/C28H44O4/c1-18-21(13-22(29)14-24(18)30)9-8-20-7-6-12-27(4)23(20)10-11-25(27)28(5)16-19(17-32-28)15-26(2,3)31/h8-9,19,22-25,29-31H,1,6-7,10-17H2,2-5H3/b20-8+,21-9-/t19-,22+,23-,24-,25-,27-,28-/m0/s1. The second-order valence-electron chi connectivity index (χ2n) is 12.3. The molecule has 0 aromatic heterocycles. The average Bonchev–Trinajstić information content (AvgIpc) is 3.22. The van der Waals surface area contributed by atoms with E-state index >= 15 is 0 Å². The van der Waals surface area contributed by atoms with Crippen LogP contribution in [0.2, 0.25) is 0 Å². The number of allylic oxidation sites excluding steroid dienone is 3. The zero-order valence-corrected chi connectivity index (χ0v) is 20.6. The van der Waals surface area contributed by atoms with Crippen LogP contribution in [0.5, 0.6) is 0 Å². The number of aliphatic hydroxyl groups is 3. The fourth-order valence-corrected chi connectivity index (χ4v) is 7.79. The van der Waals surface area contributed by atoms with E-state index in [1.807, 2.05) is 13.8 Å². The van der Waals surface area contributed by atoms with Gasteiger partial charge in [-0.15, -0.1) is 0 Å². The van der Waals surface area contributed by atoms with Gasteiger partial charge in [-0.25, -0.2) is 0 Å². The van der Waals surface area contributed by atoms with Crippen molar-refractivity contribution in [3.63, 3.8) is 0 Å². The van der Waals surface area contributed by atoms with Gasteiger partial charge >= 0.3 is 0 Å². The lowest BCUT2D eigenvalue weighted by atomic mass is 9.59. The molecule has 4 aliphatic rings. The smallest absolute Gasteiger partial charge is 0.0811 e. The van der Waals surface area contributed by atoms with Gasteiger partial charge in [0.25, 0.3) is 0 Å². The minimum absolute atomic E-state index is 0.105. The van der Waals surface area contributed by atoms with Crippen molar-refractivity contribution >= 4 is 0 Å². The van der Waals surface area contributed by atoms with Gasteiger partial charge in [0.1, 0.15) is 0 Å². The molecule has 0 amide bonds. The van der Waals surface area contributed by atoms with Crippen molar-refractivity contribution in [2.24, 2.45) is 23.2 Å². The monoisotopic (exact) mass is 444 g/mol. The van der Waals surface area contributed by atoms with Crippen LogP contribution < -0.4 is 0 Å². The molecular weight excluding hydrogens is 400 g/mol. The van der Waals surface area contributed by atoms with Crippen molar-refractivity contribution in [1.29, 1.82) is 0 Å². The Morgan fingerprint density at radius 2 is 1.94 bits per heavy atom. The summed E-state index contributed by atoms with van der Waals surface area (Å²) >= 11 is 0. The molecule has 4 rings (SSSR count). The second kappa shape index (κ2) is 8.69. The number of rotatable bonds is 4. The minimum atomic E-state index is -0.639. The quantitative estimate of drug-likeness (QED) is 0.565. The zero-order valence-electron chi connectivity index (χ0n) is 20.6. The molecule has 0 aromatic rings. The Balaban J connectivity index is 1.52. The average molecular weight is 445 g/mol. The van der Waals surface area contributed by atoms with Crippen LogP contribution in [-0.2, 0) is 4.74 Å². The Kier molecular flexibility index (Phi) is 6.57. The van der Waals surface area contributed by atoms with E-state index in [4.69, 9.17) is 4.74 Å². The summed E-state index contributed by atoms with van der Waals surface area (Å²) in [7, 11) is 0. The van der Waals surface area contributed by atoms with Crippen LogP contribution in [0.15, 0.2) is 35.5 Å². The molecule has 0 bridgehead atoms. The minimum Gasteiger partial charge on any atom is -0.393 e. The number of fused-ring (bicyclic) bond motifs is 1. The fraction of sp³-hybridized carbons (Fsp3) is 0.786. The maximum atomic E-state index is 10.3. The highest BCUT2D eigenvalue weighted by Gasteiger charge is 2.57. The van der Waals surface area contributed by atoms with Crippen molar-refractivity contribution < 1.29 is 20.1 Å². The number of ether oxygens (including phenoxy) is 1. The van der Waals surface area contributed by atoms with Crippen LogP contribution in [0.3, 0.4) is 0 Å². The molecule has 0 aromatic carbocycles. The second-order valence-corrected chi connectivity index (χ2v) is 12.3. The summed E-state index contributed by atoms with van der Waals surface area (Å²) in [5.74, 6) is 1.54. The lowest BCUT2D eigenvalue weighted by Gasteiger charge is -2.47. The number of hydrogen-bond donors (Lipinski definition) is 3. The molecule has 4 heteroatoms.